The van der Waals surface area contributed by atoms with Crippen molar-refractivity contribution in [1.82, 2.24) is 29.3 Å². The van der Waals surface area contributed by atoms with Crippen LogP contribution in [0.15, 0.2) is 18.3 Å². The van der Waals surface area contributed by atoms with Crippen molar-refractivity contribution in [3.63, 3.8) is 0 Å². The minimum Gasteiger partial charge on any atom is -0.480 e. The molecule has 3 aromatic rings. The molecule has 0 aliphatic carbocycles. The summed E-state index contributed by atoms with van der Waals surface area (Å²) in [5.74, 6) is -1.45. The first-order valence-electron chi connectivity index (χ1n) is 8.36. The van der Waals surface area contributed by atoms with E-state index in [4.69, 9.17) is 5.11 Å². The maximum atomic E-state index is 12.5. The second kappa shape index (κ2) is 7.06. The van der Waals surface area contributed by atoms with Gasteiger partial charge >= 0.3 is 5.97 Å². The Labute approximate surface area is 155 Å². The number of aromatic nitrogens is 6. The van der Waals surface area contributed by atoms with Crippen molar-refractivity contribution in [2.75, 3.05) is 5.32 Å². The fourth-order valence-electron chi connectivity index (χ4n) is 2.85. The summed E-state index contributed by atoms with van der Waals surface area (Å²) in [6.45, 7) is 7.72. The van der Waals surface area contributed by atoms with Crippen LogP contribution >= 0.6 is 0 Å². The van der Waals surface area contributed by atoms with Crippen molar-refractivity contribution >= 4 is 17.6 Å². The predicted molar refractivity (Wildman–Crippen MR) is 96.6 cm³/mol. The average Bonchev–Trinajstić information content (AvgIpc) is 3.23. The molecule has 10 nitrogen and oxygen atoms in total. The normalized spacial score (nSPS) is 11.0. The van der Waals surface area contributed by atoms with Gasteiger partial charge in [0, 0.05) is 11.9 Å². The molecule has 10 heteroatoms. The van der Waals surface area contributed by atoms with Gasteiger partial charge in [0.25, 0.3) is 5.91 Å². The van der Waals surface area contributed by atoms with Crippen molar-refractivity contribution in [2.24, 2.45) is 0 Å². The van der Waals surface area contributed by atoms with Gasteiger partial charge in [0.1, 0.15) is 13.2 Å². The molecule has 0 saturated carbocycles. The van der Waals surface area contributed by atoms with E-state index in [0.717, 1.165) is 17.1 Å². The number of hydrogen-bond acceptors (Lipinski definition) is 5. The Morgan fingerprint density at radius 1 is 1.11 bits per heavy atom. The van der Waals surface area contributed by atoms with Gasteiger partial charge in [-0.3, -0.25) is 14.3 Å². The second-order valence-electron chi connectivity index (χ2n) is 6.36. The Morgan fingerprint density at radius 3 is 2.48 bits per heavy atom. The number of aliphatic carboxylic acids is 1. The third-order valence-corrected chi connectivity index (χ3v) is 4.16. The second-order valence-corrected chi connectivity index (χ2v) is 6.36. The molecule has 2 N–H and O–H groups in total. The van der Waals surface area contributed by atoms with E-state index in [1.165, 1.54) is 16.9 Å². The number of carbonyl (C=O) groups is 2. The van der Waals surface area contributed by atoms with E-state index in [1.807, 2.05) is 38.4 Å². The lowest BCUT2D eigenvalue weighted by atomic mass is 10.3. The van der Waals surface area contributed by atoms with E-state index >= 15 is 0 Å². The lowest BCUT2D eigenvalue weighted by molar-refractivity contribution is -0.137. The average molecular weight is 371 g/mol. The summed E-state index contributed by atoms with van der Waals surface area (Å²) in [6, 6.07) is 3.46. The summed E-state index contributed by atoms with van der Waals surface area (Å²) in [5.41, 5.74) is 4.16. The number of carboxylic acid groups (broad SMARTS) is 1. The summed E-state index contributed by atoms with van der Waals surface area (Å²) in [4.78, 5) is 23.2. The molecule has 142 valence electrons. The standard InChI is InChI=1S/C17H21N7O3/c1-10-7-11(2)23(19-10)9-24-13(4)16(12(3)20-24)18-17(27)14-5-6-22(21-14)8-15(25)26/h5-7H,8-9H2,1-4H3,(H,18,27)(H,25,26). The molecule has 0 aromatic carbocycles. The molecule has 0 unspecified atom stereocenters. The van der Waals surface area contributed by atoms with Crippen LogP contribution in [0, 0.1) is 27.7 Å². The molecule has 0 aliphatic heterocycles. The molecule has 0 saturated heterocycles. The molecular formula is C17H21N7O3. The summed E-state index contributed by atoms with van der Waals surface area (Å²) >= 11 is 0. The zero-order valence-corrected chi connectivity index (χ0v) is 15.6. The minimum atomic E-state index is -1.03. The largest absolute Gasteiger partial charge is 0.480 e. The molecule has 1 amide bonds. The molecule has 0 atom stereocenters. The van der Waals surface area contributed by atoms with Crippen LogP contribution in [-0.4, -0.2) is 46.3 Å². The molecule has 0 radical (unpaired) electrons. The SMILES string of the molecule is Cc1cc(C)n(Cn2nc(C)c(NC(=O)c3ccn(CC(=O)O)n3)c2C)n1. The number of nitrogens with one attached hydrogen (secondary N) is 1. The Kier molecular flexibility index (Phi) is 4.80. The molecule has 3 heterocycles. The highest BCUT2D eigenvalue weighted by Crippen LogP contribution is 2.20. The van der Waals surface area contributed by atoms with Gasteiger partial charge in [-0.15, -0.1) is 0 Å². The minimum absolute atomic E-state index is 0.140. The maximum Gasteiger partial charge on any atom is 0.325 e. The molecule has 0 bridgehead atoms. The molecule has 27 heavy (non-hydrogen) atoms. The van der Waals surface area contributed by atoms with E-state index in [2.05, 4.69) is 20.6 Å². The first-order chi connectivity index (χ1) is 12.7. The third kappa shape index (κ3) is 3.89. The zero-order chi connectivity index (χ0) is 19.7. The molecular weight excluding hydrogens is 350 g/mol. The van der Waals surface area contributed by atoms with Crippen LogP contribution in [0.4, 0.5) is 5.69 Å². The monoisotopic (exact) mass is 371 g/mol. The summed E-state index contributed by atoms with van der Waals surface area (Å²) in [7, 11) is 0. The molecule has 0 aliphatic rings. The zero-order valence-electron chi connectivity index (χ0n) is 15.6. The van der Waals surface area contributed by atoms with Crippen LogP contribution in [0.2, 0.25) is 0 Å². The third-order valence-electron chi connectivity index (χ3n) is 4.16. The van der Waals surface area contributed by atoms with Crippen molar-refractivity contribution in [2.45, 2.75) is 40.9 Å². The lowest BCUT2D eigenvalue weighted by Gasteiger charge is -2.08. The van der Waals surface area contributed by atoms with Crippen LogP contribution in [0.25, 0.3) is 0 Å². The maximum absolute atomic E-state index is 12.5. The fourth-order valence-corrected chi connectivity index (χ4v) is 2.85. The van der Waals surface area contributed by atoms with Crippen LogP contribution in [0.5, 0.6) is 0 Å². The number of carbonyl (C=O) groups excluding carboxylic acids is 1. The first-order valence-corrected chi connectivity index (χ1v) is 8.36. The van der Waals surface area contributed by atoms with E-state index in [0.29, 0.717) is 18.1 Å². The van der Waals surface area contributed by atoms with Crippen molar-refractivity contribution < 1.29 is 14.7 Å². The first kappa shape index (κ1) is 18.4. The highest BCUT2D eigenvalue weighted by molar-refractivity contribution is 6.03. The number of carboxylic acids is 1. The molecule has 3 aromatic heterocycles. The smallest absolute Gasteiger partial charge is 0.325 e. The predicted octanol–water partition coefficient (Wildman–Crippen LogP) is 1.35. The van der Waals surface area contributed by atoms with Gasteiger partial charge in [0.15, 0.2) is 5.69 Å². The van der Waals surface area contributed by atoms with Crippen molar-refractivity contribution in [3.8, 4) is 0 Å². The Morgan fingerprint density at radius 2 is 1.85 bits per heavy atom. The molecule has 0 spiro atoms. The van der Waals surface area contributed by atoms with Gasteiger partial charge in [-0.1, -0.05) is 0 Å². The van der Waals surface area contributed by atoms with Crippen LogP contribution in [0.1, 0.15) is 33.3 Å². The van der Waals surface area contributed by atoms with Crippen molar-refractivity contribution in [3.05, 3.63) is 46.8 Å². The van der Waals surface area contributed by atoms with Gasteiger partial charge in [-0.25, -0.2) is 9.36 Å². The Hall–Kier alpha value is -3.43. The van der Waals surface area contributed by atoms with Crippen molar-refractivity contribution in [1.29, 1.82) is 0 Å². The highest BCUT2D eigenvalue weighted by Gasteiger charge is 2.18. The number of amides is 1. The number of nitrogens with zero attached hydrogens (tertiary/aromatic N) is 6. The van der Waals surface area contributed by atoms with E-state index in [1.54, 1.807) is 4.68 Å². The lowest BCUT2D eigenvalue weighted by Crippen LogP contribution is -2.16. The van der Waals surface area contributed by atoms with Crippen LogP contribution < -0.4 is 5.32 Å². The molecule has 3 rings (SSSR count). The summed E-state index contributed by atoms with van der Waals surface area (Å²) in [6.07, 6.45) is 1.45. The topological polar surface area (TPSA) is 120 Å². The van der Waals surface area contributed by atoms with Crippen LogP contribution in [0.3, 0.4) is 0 Å². The van der Waals surface area contributed by atoms with E-state index in [-0.39, 0.29) is 12.2 Å². The van der Waals surface area contributed by atoms with Crippen LogP contribution in [-0.2, 0) is 18.0 Å². The van der Waals surface area contributed by atoms with E-state index in [9.17, 15) is 9.59 Å². The van der Waals surface area contributed by atoms with E-state index < -0.39 is 11.9 Å². The number of anilines is 1. The number of aryl methyl sites for hydroxylation is 3. The van der Waals surface area contributed by atoms with Gasteiger partial charge in [-0.2, -0.15) is 15.3 Å². The highest BCUT2D eigenvalue weighted by atomic mass is 16.4. The Bertz CT molecular complexity index is 1010. The number of hydrogen-bond donors (Lipinski definition) is 2. The fraction of sp³-hybridized carbons (Fsp3) is 0.353. The summed E-state index contributed by atoms with van der Waals surface area (Å²) in [5, 5.41) is 24.5. The molecule has 0 fully saturated rings. The number of rotatable bonds is 6. The Balaban J connectivity index is 1.78. The van der Waals surface area contributed by atoms with Gasteiger partial charge in [0.05, 0.1) is 22.8 Å². The van der Waals surface area contributed by atoms with Gasteiger partial charge in [-0.05, 0) is 39.8 Å². The van der Waals surface area contributed by atoms with Gasteiger partial charge in [0.2, 0.25) is 0 Å². The van der Waals surface area contributed by atoms with Gasteiger partial charge < -0.3 is 10.4 Å². The summed E-state index contributed by atoms with van der Waals surface area (Å²) < 4.78 is 4.81. The quantitative estimate of drug-likeness (QED) is 0.675.